The van der Waals surface area contributed by atoms with Crippen LogP contribution in [0.4, 0.5) is 0 Å². The Hall–Kier alpha value is -3.06. The molecule has 6 nitrogen and oxygen atoms in total. The van der Waals surface area contributed by atoms with Crippen LogP contribution in [0.25, 0.3) is 17.0 Å². The standard InChI is InChI=1S/C20H19NO5S/c1-3-26-20(22)11-6-15-4-8-18(9-5-15)27(23,24)21-13-12-16-14-17(25-2)7-10-19(16)21/h4-14H,3H2,1-2H3/b11-6+. The summed E-state index contributed by atoms with van der Waals surface area (Å²) in [6.07, 6.45) is 4.40. The van der Waals surface area contributed by atoms with Gasteiger partial charge in [0.2, 0.25) is 0 Å². The Morgan fingerprint density at radius 3 is 2.52 bits per heavy atom. The molecule has 1 heterocycles. The number of carbonyl (C=O) groups is 1. The van der Waals surface area contributed by atoms with Gasteiger partial charge in [0.1, 0.15) is 5.75 Å². The van der Waals surface area contributed by atoms with Crippen molar-refractivity contribution in [2.45, 2.75) is 11.8 Å². The highest BCUT2D eigenvalue weighted by molar-refractivity contribution is 7.90. The van der Waals surface area contributed by atoms with Crippen LogP contribution in [0, 0.1) is 0 Å². The normalized spacial score (nSPS) is 11.8. The minimum atomic E-state index is -3.74. The number of aromatic nitrogens is 1. The maximum atomic E-state index is 13.0. The molecule has 3 aromatic rings. The van der Waals surface area contributed by atoms with Crippen molar-refractivity contribution < 1.29 is 22.7 Å². The number of nitrogens with zero attached hydrogens (tertiary/aromatic N) is 1. The molecule has 0 aliphatic rings. The third kappa shape index (κ3) is 3.88. The second-order valence-electron chi connectivity index (χ2n) is 5.70. The van der Waals surface area contributed by atoms with Gasteiger partial charge in [-0.15, -0.1) is 0 Å². The van der Waals surface area contributed by atoms with Gasteiger partial charge in [0.15, 0.2) is 0 Å². The Bertz CT molecular complexity index is 1100. The zero-order valence-corrected chi connectivity index (χ0v) is 15.8. The summed E-state index contributed by atoms with van der Waals surface area (Å²) in [4.78, 5) is 11.5. The van der Waals surface area contributed by atoms with Crippen LogP contribution in [0.3, 0.4) is 0 Å². The summed E-state index contributed by atoms with van der Waals surface area (Å²) in [5.74, 6) is 0.221. The number of benzene rings is 2. The van der Waals surface area contributed by atoms with Crippen molar-refractivity contribution in [1.82, 2.24) is 3.97 Å². The maximum absolute atomic E-state index is 13.0. The van der Waals surface area contributed by atoms with Crippen LogP contribution in [-0.2, 0) is 19.6 Å². The lowest BCUT2D eigenvalue weighted by molar-refractivity contribution is -0.137. The molecule has 0 saturated carbocycles. The van der Waals surface area contributed by atoms with E-state index >= 15 is 0 Å². The molecule has 0 fully saturated rings. The Morgan fingerprint density at radius 2 is 1.85 bits per heavy atom. The molecule has 7 heteroatoms. The topological polar surface area (TPSA) is 74.6 Å². The summed E-state index contributed by atoms with van der Waals surface area (Å²) >= 11 is 0. The van der Waals surface area contributed by atoms with Gasteiger partial charge < -0.3 is 9.47 Å². The summed E-state index contributed by atoms with van der Waals surface area (Å²) < 4.78 is 37.2. The van der Waals surface area contributed by atoms with Gasteiger partial charge in [-0.05, 0) is 55.0 Å². The molecule has 3 rings (SSSR count). The molecular weight excluding hydrogens is 366 g/mol. The van der Waals surface area contributed by atoms with Crippen molar-refractivity contribution in [3.05, 3.63) is 66.4 Å². The average molecular weight is 385 g/mol. The molecule has 140 valence electrons. The molecule has 27 heavy (non-hydrogen) atoms. The zero-order valence-electron chi connectivity index (χ0n) is 15.0. The highest BCUT2D eigenvalue weighted by Gasteiger charge is 2.18. The number of ether oxygens (including phenoxy) is 2. The van der Waals surface area contributed by atoms with E-state index in [0.717, 1.165) is 5.39 Å². The lowest BCUT2D eigenvalue weighted by atomic mass is 10.2. The van der Waals surface area contributed by atoms with Gasteiger partial charge >= 0.3 is 5.97 Å². The van der Waals surface area contributed by atoms with Crippen LogP contribution in [-0.4, -0.2) is 32.1 Å². The van der Waals surface area contributed by atoms with Crippen LogP contribution < -0.4 is 4.74 Å². The number of hydrogen-bond donors (Lipinski definition) is 0. The van der Waals surface area contributed by atoms with Crippen molar-refractivity contribution in [2.75, 3.05) is 13.7 Å². The van der Waals surface area contributed by atoms with Crippen LogP contribution >= 0.6 is 0 Å². The Labute approximate surface area is 157 Å². The number of methoxy groups -OCH3 is 1. The first-order valence-electron chi connectivity index (χ1n) is 8.31. The highest BCUT2D eigenvalue weighted by Crippen LogP contribution is 2.25. The van der Waals surface area contributed by atoms with Gasteiger partial charge in [0, 0.05) is 17.7 Å². The van der Waals surface area contributed by atoms with E-state index in [9.17, 15) is 13.2 Å². The molecule has 0 amide bonds. The van der Waals surface area contributed by atoms with Gasteiger partial charge in [0.25, 0.3) is 10.0 Å². The number of carbonyl (C=O) groups excluding carboxylic acids is 1. The van der Waals surface area contributed by atoms with Crippen molar-refractivity contribution in [3.63, 3.8) is 0 Å². The van der Waals surface area contributed by atoms with Crippen LogP contribution in [0.5, 0.6) is 5.75 Å². The van der Waals surface area contributed by atoms with E-state index < -0.39 is 16.0 Å². The monoisotopic (exact) mass is 385 g/mol. The fourth-order valence-corrected chi connectivity index (χ4v) is 4.00. The first kappa shape index (κ1) is 18.7. The molecule has 0 aliphatic heterocycles. The van der Waals surface area contributed by atoms with E-state index in [0.29, 0.717) is 23.4 Å². The van der Waals surface area contributed by atoms with Gasteiger partial charge in [0.05, 0.1) is 24.1 Å². The second kappa shape index (κ2) is 7.67. The smallest absolute Gasteiger partial charge is 0.330 e. The quantitative estimate of drug-likeness (QED) is 0.480. The summed E-state index contributed by atoms with van der Waals surface area (Å²) in [5, 5.41) is 0.770. The first-order chi connectivity index (χ1) is 13.0. The Balaban J connectivity index is 1.90. The summed E-state index contributed by atoms with van der Waals surface area (Å²) in [7, 11) is -2.18. The highest BCUT2D eigenvalue weighted by atomic mass is 32.2. The van der Waals surface area contributed by atoms with E-state index in [4.69, 9.17) is 9.47 Å². The molecule has 0 N–H and O–H groups in total. The molecule has 0 saturated heterocycles. The van der Waals surface area contributed by atoms with E-state index in [1.165, 1.54) is 28.4 Å². The molecule has 2 aromatic carbocycles. The zero-order chi connectivity index (χ0) is 19.4. The SMILES string of the molecule is CCOC(=O)/C=C/c1ccc(S(=O)(=O)n2ccc3cc(OC)ccc32)cc1. The predicted molar refractivity (Wildman–Crippen MR) is 103 cm³/mol. The summed E-state index contributed by atoms with van der Waals surface area (Å²) in [6, 6.07) is 13.2. The fourth-order valence-electron chi connectivity index (χ4n) is 2.65. The van der Waals surface area contributed by atoms with Crippen molar-refractivity contribution in [3.8, 4) is 5.75 Å². The average Bonchev–Trinajstić information content (AvgIpc) is 3.11. The van der Waals surface area contributed by atoms with Crippen molar-refractivity contribution in [2.24, 2.45) is 0 Å². The molecule has 0 bridgehead atoms. The number of fused-ring (bicyclic) bond motifs is 1. The molecule has 0 spiro atoms. The van der Waals surface area contributed by atoms with E-state index in [1.807, 2.05) is 0 Å². The van der Waals surface area contributed by atoms with Crippen LogP contribution in [0.15, 0.2) is 65.7 Å². The minimum absolute atomic E-state index is 0.157. The third-order valence-electron chi connectivity index (χ3n) is 4.00. The first-order valence-corrected chi connectivity index (χ1v) is 9.75. The van der Waals surface area contributed by atoms with Gasteiger partial charge in [-0.25, -0.2) is 17.2 Å². The van der Waals surface area contributed by atoms with Crippen LogP contribution in [0.2, 0.25) is 0 Å². The van der Waals surface area contributed by atoms with E-state index in [1.54, 1.807) is 56.5 Å². The lowest BCUT2D eigenvalue weighted by Crippen LogP contribution is -2.11. The minimum Gasteiger partial charge on any atom is -0.497 e. The van der Waals surface area contributed by atoms with E-state index in [-0.39, 0.29) is 4.90 Å². The fraction of sp³-hybridized carbons (Fsp3) is 0.150. The van der Waals surface area contributed by atoms with Gasteiger partial charge in [-0.2, -0.15) is 0 Å². The Kier molecular flexibility index (Phi) is 5.32. The van der Waals surface area contributed by atoms with Gasteiger partial charge in [-0.3, -0.25) is 0 Å². The molecule has 0 aliphatic carbocycles. The van der Waals surface area contributed by atoms with Crippen LogP contribution in [0.1, 0.15) is 12.5 Å². The molecule has 0 radical (unpaired) electrons. The molecule has 0 unspecified atom stereocenters. The maximum Gasteiger partial charge on any atom is 0.330 e. The summed E-state index contributed by atoms with van der Waals surface area (Å²) in [5.41, 5.74) is 1.27. The third-order valence-corrected chi connectivity index (χ3v) is 5.70. The van der Waals surface area contributed by atoms with Crippen molar-refractivity contribution >= 4 is 33.0 Å². The molecule has 1 aromatic heterocycles. The summed E-state index contributed by atoms with van der Waals surface area (Å²) in [6.45, 7) is 2.03. The van der Waals surface area contributed by atoms with E-state index in [2.05, 4.69) is 0 Å². The second-order valence-corrected chi connectivity index (χ2v) is 7.51. The largest absolute Gasteiger partial charge is 0.497 e. The van der Waals surface area contributed by atoms with Crippen molar-refractivity contribution in [1.29, 1.82) is 0 Å². The predicted octanol–water partition coefficient (Wildman–Crippen LogP) is 3.46. The molecule has 0 atom stereocenters. The number of esters is 1. The lowest BCUT2D eigenvalue weighted by Gasteiger charge is -2.08. The Morgan fingerprint density at radius 1 is 1.11 bits per heavy atom. The molecular formula is C20H19NO5S. The number of hydrogen-bond acceptors (Lipinski definition) is 5. The number of rotatable bonds is 6. The van der Waals surface area contributed by atoms with Gasteiger partial charge in [-0.1, -0.05) is 12.1 Å².